The van der Waals surface area contributed by atoms with Crippen LogP contribution in [0, 0.1) is 11.8 Å². The first kappa shape index (κ1) is 22.2. The molecule has 2 heterocycles. The number of hydrogen-bond acceptors (Lipinski definition) is 4. The van der Waals surface area contributed by atoms with Gasteiger partial charge >= 0.3 is 12.8 Å². The molecule has 1 aromatic heterocycles. The van der Waals surface area contributed by atoms with Crippen LogP contribution in [0.25, 0.3) is 5.57 Å². The van der Waals surface area contributed by atoms with E-state index in [1.807, 2.05) is 19.9 Å². The molecule has 1 aromatic carbocycles. The Morgan fingerprint density at radius 3 is 2.62 bits per heavy atom. The number of benzene rings is 1. The maximum atomic E-state index is 13.4. The number of alkyl halides is 4. The van der Waals surface area contributed by atoms with Gasteiger partial charge in [0.1, 0.15) is 5.69 Å². The first-order valence-electron chi connectivity index (χ1n) is 9.68. The number of nitrogens with one attached hydrogen (secondary N) is 1. The molecule has 0 saturated carbocycles. The quantitative estimate of drug-likeness (QED) is 0.616. The molecule has 2 aromatic rings. The van der Waals surface area contributed by atoms with Gasteiger partial charge in [0.05, 0.1) is 11.1 Å². The predicted octanol–water partition coefficient (Wildman–Crippen LogP) is 5.28. The van der Waals surface area contributed by atoms with Crippen molar-refractivity contribution in [3.8, 4) is 11.5 Å². The van der Waals surface area contributed by atoms with Crippen LogP contribution in [0.2, 0.25) is 5.02 Å². The van der Waals surface area contributed by atoms with E-state index in [-0.39, 0.29) is 34.1 Å². The highest BCUT2D eigenvalue weighted by molar-refractivity contribution is 6.32. The number of hydrogen-bond donors (Lipinski definition) is 1. The van der Waals surface area contributed by atoms with Crippen molar-refractivity contribution in [2.24, 2.45) is 11.8 Å². The molecule has 3 atom stereocenters. The van der Waals surface area contributed by atoms with Gasteiger partial charge < -0.3 is 14.8 Å². The van der Waals surface area contributed by atoms with Crippen LogP contribution in [-0.2, 0) is 0 Å². The SMILES string of the molecule is CC1C=C(c2cc3c(cc2Cl)OC(F)(F)O3)C=CC(NC(=O)c2ccnn2C(F)F)C1C. The Bertz CT molecular complexity index is 1120. The van der Waals surface area contributed by atoms with E-state index < -0.39 is 24.8 Å². The van der Waals surface area contributed by atoms with Crippen LogP contribution >= 0.6 is 11.6 Å². The summed E-state index contributed by atoms with van der Waals surface area (Å²) in [6.45, 7) is 0.863. The fourth-order valence-corrected chi connectivity index (χ4v) is 3.89. The molecule has 3 unspecified atom stereocenters. The summed E-state index contributed by atoms with van der Waals surface area (Å²) in [5.74, 6) is -1.20. The van der Waals surface area contributed by atoms with Crippen LogP contribution in [0.5, 0.6) is 11.5 Å². The van der Waals surface area contributed by atoms with Gasteiger partial charge in [0, 0.05) is 17.8 Å². The predicted molar refractivity (Wildman–Crippen MR) is 108 cm³/mol. The average molecular weight is 472 g/mol. The number of ether oxygens (including phenoxy) is 2. The topological polar surface area (TPSA) is 65.4 Å². The zero-order chi connectivity index (χ0) is 23.2. The zero-order valence-corrected chi connectivity index (χ0v) is 17.6. The third-order valence-corrected chi connectivity index (χ3v) is 5.82. The van der Waals surface area contributed by atoms with Gasteiger partial charge in [0.15, 0.2) is 11.5 Å². The van der Waals surface area contributed by atoms with Gasteiger partial charge in [0.2, 0.25) is 0 Å². The fraction of sp³-hybridized carbons (Fsp3) is 0.333. The van der Waals surface area contributed by atoms with E-state index in [0.29, 0.717) is 15.8 Å². The molecule has 0 spiro atoms. The van der Waals surface area contributed by atoms with Gasteiger partial charge in [-0.3, -0.25) is 4.79 Å². The van der Waals surface area contributed by atoms with Crippen molar-refractivity contribution in [3.05, 3.63) is 58.9 Å². The highest BCUT2D eigenvalue weighted by Gasteiger charge is 2.44. The van der Waals surface area contributed by atoms with Crippen molar-refractivity contribution >= 4 is 23.1 Å². The Labute approximate surface area is 185 Å². The van der Waals surface area contributed by atoms with Crippen molar-refractivity contribution in [1.29, 1.82) is 0 Å². The zero-order valence-electron chi connectivity index (χ0n) is 16.9. The Balaban J connectivity index is 1.59. The smallest absolute Gasteiger partial charge is 0.395 e. The Morgan fingerprint density at radius 2 is 1.94 bits per heavy atom. The Kier molecular flexibility index (Phi) is 5.66. The standard InChI is InChI=1S/C21H18ClF4N3O3/c1-10-7-12(13-8-17-18(9-14(13)22)32-21(25,26)31-17)3-4-15(11(10)2)28-19(30)16-5-6-27-29(16)20(23)24/h3-11,15,20H,1-2H3,(H,28,30). The molecule has 0 fully saturated rings. The lowest BCUT2D eigenvalue weighted by atomic mass is 9.89. The number of allylic oxidation sites excluding steroid dienone is 3. The summed E-state index contributed by atoms with van der Waals surface area (Å²) >= 11 is 6.30. The van der Waals surface area contributed by atoms with Gasteiger partial charge in [-0.1, -0.05) is 43.7 Å². The molecule has 32 heavy (non-hydrogen) atoms. The minimum atomic E-state index is -3.76. The third kappa shape index (κ3) is 4.19. The van der Waals surface area contributed by atoms with Crippen LogP contribution in [0.3, 0.4) is 0 Å². The maximum Gasteiger partial charge on any atom is 0.586 e. The molecule has 0 radical (unpaired) electrons. The molecular formula is C21H18ClF4N3O3. The molecule has 0 bridgehead atoms. The van der Waals surface area contributed by atoms with E-state index in [0.717, 1.165) is 6.20 Å². The minimum absolute atomic E-state index is 0.0896. The monoisotopic (exact) mass is 471 g/mol. The molecule has 170 valence electrons. The summed E-state index contributed by atoms with van der Waals surface area (Å²) in [6, 6.07) is 3.34. The van der Waals surface area contributed by atoms with Crippen molar-refractivity contribution in [2.45, 2.75) is 32.7 Å². The minimum Gasteiger partial charge on any atom is -0.395 e. The average Bonchev–Trinajstić information content (AvgIpc) is 3.28. The van der Waals surface area contributed by atoms with E-state index in [9.17, 15) is 22.4 Å². The van der Waals surface area contributed by atoms with Gasteiger partial charge in [-0.05, 0) is 29.5 Å². The molecule has 2 aliphatic rings. The molecule has 0 saturated heterocycles. The second-order valence-electron chi connectivity index (χ2n) is 7.58. The first-order chi connectivity index (χ1) is 15.1. The summed E-state index contributed by atoms with van der Waals surface area (Å²) in [6.07, 6.45) is 2.65. The van der Waals surface area contributed by atoms with Crippen LogP contribution in [-0.4, -0.2) is 28.0 Å². The van der Waals surface area contributed by atoms with Gasteiger partial charge in [0.25, 0.3) is 5.91 Å². The van der Waals surface area contributed by atoms with E-state index in [1.54, 1.807) is 12.2 Å². The van der Waals surface area contributed by atoms with E-state index in [1.165, 1.54) is 18.2 Å². The molecular weight excluding hydrogens is 454 g/mol. The highest BCUT2D eigenvalue weighted by atomic mass is 35.5. The lowest BCUT2D eigenvalue weighted by Crippen LogP contribution is -2.40. The Hall–Kier alpha value is -3.01. The van der Waals surface area contributed by atoms with E-state index in [4.69, 9.17) is 11.6 Å². The van der Waals surface area contributed by atoms with Crippen LogP contribution in [0.15, 0.2) is 42.6 Å². The maximum absolute atomic E-state index is 13.4. The summed E-state index contributed by atoms with van der Waals surface area (Å²) < 4.78 is 62.1. The van der Waals surface area contributed by atoms with Crippen LogP contribution < -0.4 is 14.8 Å². The van der Waals surface area contributed by atoms with E-state index >= 15 is 0 Å². The number of halogens is 5. The second-order valence-corrected chi connectivity index (χ2v) is 7.99. The third-order valence-electron chi connectivity index (χ3n) is 5.51. The summed E-state index contributed by atoms with van der Waals surface area (Å²) in [7, 11) is 0. The lowest BCUT2D eigenvalue weighted by Gasteiger charge is -2.25. The van der Waals surface area contributed by atoms with Crippen LogP contribution in [0.4, 0.5) is 17.6 Å². The van der Waals surface area contributed by atoms with Gasteiger partial charge in [-0.2, -0.15) is 18.6 Å². The summed E-state index contributed by atoms with van der Waals surface area (Å²) in [5.41, 5.74) is 0.820. The number of fused-ring (bicyclic) bond motifs is 1. The highest BCUT2D eigenvalue weighted by Crippen LogP contribution is 2.45. The first-order valence-corrected chi connectivity index (χ1v) is 10.1. The van der Waals surface area contributed by atoms with E-state index in [2.05, 4.69) is 19.9 Å². The molecule has 4 rings (SSSR count). The largest absolute Gasteiger partial charge is 0.586 e. The van der Waals surface area contributed by atoms with Crippen molar-refractivity contribution in [1.82, 2.24) is 15.1 Å². The summed E-state index contributed by atoms with van der Waals surface area (Å²) in [4.78, 5) is 12.6. The number of carbonyl (C=O) groups is 1. The summed E-state index contributed by atoms with van der Waals surface area (Å²) in [5, 5.41) is 6.40. The van der Waals surface area contributed by atoms with Crippen molar-refractivity contribution in [2.75, 3.05) is 0 Å². The second kappa shape index (κ2) is 8.16. The molecule has 11 heteroatoms. The number of carbonyl (C=O) groups excluding carboxylic acids is 1. The van der Waals surface area contributed by atoms with Crippen molar-refractivity contribution in [3.63, 3.8) is 0 Å². The van der Waals surface area contributed by atoms with Gasteiger partial charge in [-0.25, -0.2) is 0 Å². The molecule has 6 nitrogen and oxygen atoms in total. The van der Waals surface area contributed by atoms with Crippen LogP contribution in [0.1, 0.15) is 36.4 Å². The molecule has 1 N–H and O–H groups in total. The number of nitrogens with zero attached hydrogens (tertiary/aromatic N) is 2. The molecule has 1 aliphatic heterocycles. The number of rotatable bonds is 4. The number of aromatic nitrogens is 2. The Morgan fingerprint density at radius 1 is 1.25 bits per heavy atom. The molecule has 1 amide bonds. The fourth-order valence-electron chi connectivity index (χ4n) is 3.63. The van der Waals surface area contributed by atoms with Gasteiger partial charge in [-0.15, -0.1) is 8.78 Å². The normalized spacial score (nSPS) is 23.8. The number of amides is 1. The lowest BCUT2D eigenvalue weighted by molar-refractivity contribution is -0.286. The van der Waals surface area contributed by atoms with Crippen molar-refractivity contribution < 1.29 is 31.8 Å². The molecule has 1 aliphatic carbocycles.